The van der Waals surface area contributed by atoms with Crippen molar-refractivity contribution in [3.8, 4) is 0 Å². The average molecular weight is 281 g/mol. The Hall–Kier alpha value is -1.29. The SMILES string of the molecule is C=C(Br)CNC(=O)c1ccc2c(c1)CCN2. The van der Waals surface area contributed by atoms with Gasteiger partial charge in [0, 0.05) is 28.8 Å². The normalized spacial score (nSPS) is 12.8. The standard InChI is InChI=1S/C12H13BrN2O/c1-8(13)7-15-12(16)10-2-3-11-9(6-10)4-5-14-11/h2-3,6,14H,1,4-5,7H2,(H,15,16). The Bertz CT molecular complexity index is 443. The third-order valence-corrected chi connectivity index (χ3v) is 2.80. The number of hydrogen-bond acceptors (Lipinski definition) is 2. The molecule has 2 N–H and O–H groups in total. The van der Waals surface area contributed by atoms with E-state index >= 15 is 0 Å². The summed E-state index contributed by atoms with van der Waals surface area (Å²) in [6.07, 6.45) is 0.988. The summed E-state index contributed by atoms with van der Waals surface area (Å²) in [5.41, 5.74) is 3.06. The Morgan fingerprint density at radius 3 is 3.12 bits per heavy atom. The van der Waals surface area contributed by atoms with Gasteiger partial charge in [0.2, 0.25) is 0 Å². The summed E-state index contributed by atoms with van der Waals surface area (Å²) in [6, 6.07) is 5.74. The number of carbonyl (C=O) groups is 1. The molecular formula is C12H13BrN2O. The molecule has 0 saturated carbocycles. The Balaban J connectivity index is 2.09. The number of halogens is 1. The highest BCUT2D eigenvalue weighted by Crippen LogP contribution is 2.22. The number of hydrogen-bond donors (Lipinski definition) is 2. The molecule has 1 aliphatic heterocycles. The van der Waals surface area contributed by atoms with E-state index in [0.717, 1.165) is 23.1 Å². The van der Waals surface area contributed by atoms with Gasteiger partial charge in [0.1, 0.15) is 0 Å². The van der Waals surface area contributed by atoms with Crippen LogP contribution >= 0.6 is 15.9 Å². The maximum Gasteiger partial charge on any atom is 0.251 e. The summed E-state index contributed by atoms with van der Waals surface area (Å²) in [7, 11) is 0. The zero-order valence-electron chi connectivity index (χ0n) is 8.85. The first kappa shape index (κ1) is 11.2. The van der Waals surface area contributed by atoms with E-state index in [-0.39, 0.29) is 5.91 Å². The number of nitrogens with one attached hydrogen (secondary N) is 2. The Morgan fingerprint density at radius 1 is 1.56 bits per heavy atom. The topological polar surface area (TPSA) is 41.1 Å². The first-order chi connectivity index (χ1) is 7.66. The molecule has 0 spiro atoms. The fourth-order valence-corrected chi connectivity index (χ4v) is 1.86. The van der Waals surface area contributed by atoms with Crippen LogP contribution in [0.15, 0.2) is 29.3 Å². The molecular weight excluding hydrogens is 268 g/mol. The van der Waals surface area contributed by atoms with Crippen molar-refractivity contribution in [1.29, 1.82) is 0 Å². The van der Waals surface area contributed by atoms with Crippen LogP contribution in [0.2, 0.25) is 0 Å². The van der Waals surface area contributed by atoms with Crippen LogP contribution in [-0.2, 0) is 6.42 Å². The molecule has 0 atom stereocenters. The molecule has 0 fully saturated rings. The summed E-state index contributed by atoms with van der Waals surface area (Å²) in [6.45, 7) is 5.08. The van der Waals surface area contributed by atoms with Gasteiger partial charge in [0.25, 0.3) is 5.91 Å². The van der Waals surface area contributed by atoms with E-state index in [1.165, 1.54) is 5.56 Å². The van der Waals surface area contributed by atoms with Gasteiger partial charge in [-0.1, -0.05) is 22.5 Å². The van der Waals surface area contributed by atoms with Crippen molar-refractivity contribution in [3.05, 3.63) is 40.4 Å². The van der Waals surface area contributed by atoms with Crippen LogP contribution in [0, 0.1) is 0 Å². The van der Waals surface area contributed by atoms with Gasteiger partial charge in [-0.05, 0) is 30.2 Å². The van der Waals surface area contributed by atoms with Crippen molar-refractivity contribution >= 4 is 27.5 Å². The molecule has 0 aromatic heterocycles. The molecule has 1 heterocycles. The van der Waals surface area contributed by atoms with E-state index < -0.39 is 0 Å². The summed E-state index contributed by atoms with van der Waals surface area (Å²) in [5.74, 6) is -0.0599. The van der Waals surface area contributed by atoms with Crippen molar-refractivity contribution in [2.24, 2.45) is 0 Å². The third kappa shape index (κ3) is 2.44. The predicted molar refractivity (Wildman–Crippen MR) is 69.0 cm³/mol. The second-order valence-corrected chi connectivity index (χ2v) is 4.87. The smallest absolute Gasteiger partial charge is 0.251 e. The first-order valence-corrected chi connectivity index (χ1v) is 5.94. The molecule has 16 heavy (non-hydrogen) atoms. The van der Waals surface area contributed by atoms with Crippen molar-refractivity contribution in [3.63, 3.8) is 0 Å². The summed E-state index contributed by atoms with van der Waals surface area (Å²) in [5, 5.41) is 6.05. The van der Waals surface area contributed by atoms with Gasteiger partial charge < -0.3 is 10.6 Å². The lowest BCUT2D eigenvalue weighted by Crippen LogP contribution is -2.24. The highest BCUT2D eigenvalue weighted by Gasteiger charge is 2.12. The maximum atomic E-state index is 11.8. The van der Waals surface area contributed by atoms with Crippen LogP contribution < -0.4 is 10.6 Å². The number of rotatable bonds is 3. The third-order valence-electron chi connectivity index (χ3n) is 2.52. The molecule has 1 aliphatic rings. The second-order valence-electron chi connectivity index (χ2n) is 3.75. The largest absolute Gasteiger partial charge is 0.384 e. The highest BCUT2D eigenvalue weighted by atomic mass is 79.9. The molecule has 1 aromatic rings. The molecule has 1 amide bonds. The molecule has 1 aromatic carbocycles. The van der Waals surface area contributed by atoms with Crippen molar-refractivity contribution in [2.75, 3.05) is 18.4 Å². The zero-order valence-corrected chi connectivity index (χ0v) is 10.4. The number of benzene rings is 1. The summed E-state index contributed by atoms with van der Waals surface area (Å²) < 4.78 is 0.767. The van der Waals surface area contributed by atoms with Crippen molar-refractivity contribution in [2.45, 2.75) is 6.42 Å². The van der Waals surface area contributed by atoms with Crippen molar-refractivity contribution in [1.82, 2.24) is 5.32 Å². The van der Waals surface area contributed by atoms with Gasteiger partial charge in [-0.2, -0.15) is 0 Å². The van der Waals surface area contributed by atoms with Crippen LogP contribution in [0.5, 0.6) is 0 Å². The van der Waals surface area contributed by atoms with Crippen molar-refractivity contribution < 1.29 is 4.79 Å². The van der Waals surface area contributed by atoms with Gasteiger partial charge in [-0.25, -0.2) is 0 Å². The van der Waals surface area contributed by atoms with E-state index in [0.29, 0.717) is 12.1 Å². The molecule has 0 bridgehead atoms. The van der Waals surface area contributed by atoms with Crippen LogP contribution in [0.1, 0.15) is 15.9 Å². The first-order valence-electron chi connectivity index (χ1n) is 5.15. The predicted octanol–water partition coefficient (Wildman–Crippen LogP) is 2.29. The van der Waals surface area contributed by atoms with Gasteiger partial charge in [-0.15, -0.1) is 0 Å². The van der Waals surface area contributed by atoms with Gasteiger partial charge in [0.05, 0.1) is 0 Å². The molecule has 4 heteroatoms. The molecule has 0 saturated heterocycles. The lowest BCUT2D eigenvalue weighted by atomic mass is 10.1. The fraction of sp³-hybridized carbons (Fsp3) is 0.250. The number of anilines is 1. The quantitative estimate of drug-likeness (QED) is 0.892. The minimum Gasteiger partial charge on any atom is -0.384 e. The summed E-state index contributed by atoms with van der Waals surface area (Å²) >= 11 is 3.21. The van der Waals surface area contributed by atoms with Gasteiger partial charge >= 0.3 is 0 Å². The maximum absolute atomic E-state index is 11.8. The monoisotopic (exact) mass is 280 g/mol. The van der Waals surface area contributed by atoms with Crippen LogP contribution in [0.25, 0.3) is 0 Å². The molecule has 3 nitrogen and oxygen atoms in total. The average Bonchev–Trinajstić information content (AvgIpc) is 2.72. The van der Waals surface area contributed by atoms with Crippen LogP contribution in [0.4, 0.5) is 5.69 Å². The van der Waals surface area contributed by atoms with E-state index in [9.17, 15) is 4.79 Å². The Labute approximate surface area is 103 Å². The highest BCUT2D eigenvalue weighted by molar-refractivity contribution is 9.11. The van der Waals surface area contributed by atoms with E-state index in [1.54, 1.807) is 0 Å². The second kappa shape index (κ2) is 4.70. The lowest BCUT2D eigenvalue weighted by molar-refractivity contribution is 0.0957. The molecule has 2 rings (SSSR count). The van der Waals surface area contributed by atoms with Gasteiger partial charge in [0.15, 0.2) is 0 Å². The molecule has 0 unspecified atom stereocenters. The van der Waals surface area contributed by atoms with E-state index in [1.807, 2.05) is 18.2 Å². The fourth-order valence-electron chi connectivity index (χ4n) is 1.72. The molecule has 0 radical (unpaired) electrons. The molecule has 84 valence electrons. The number of carbonyl (C=O) groups excluding carboxylic acids is 1. The van der Waals surface area contributed by atoms with Gasteiger partial charge in [-0.3, -0.25) is 4.79 Å². The Morgan fingerprint density at radius 2 is 2.38 bits per heavy atom. The summed E-state index contributed by atoms with van der Waals surface area (Å²) in [4.78, 5) is 11.8. The van der Waals surface area contributed by atoms with Crippen LogP contribution in [0.3, 0.4) is 0 Å². The minimum atomic E-state index is -0.0599. The zero-order chi connectivity index (χ0) is 11.5. The number of fused-ring (bicyclic) bond motifs is 1. The molecule has 0 aliphatic carbocycles. The lowest BCUT2D eigenvalue weighted by Gasteiger charge is -2.06. The Kier molecular flexibility index (Phi) is 3.29. The minimum absolute atomic E-state index is 0.0599. The van der Waals surface area contributed by atoms with Crippen LogP contribution in [-0.4, -0.2) is 19.0 Å². The number of amides is 1. The van der Waals surface area contributed by atoms with E-state index in [2.05, 4.69) is 33.1 Å². The van der Waals surface area contributed by atoms with E-state index in [4.69, 9.17) is 0 Å².